The molecule has 0 bridgehead atoms. The second kappa shape index (κ2) is 19.3. The van der Waals surface area contributed by atoms with E-state index in [9.17, 15) is 8.78 Å². The van der Waals surface area contributed by atoms with Crippen molar-refractivity contribution < 1.29 is 27.0 Å². The van der Waals surface area contributed by atoms with Crippen molar-refractivity contribution in [3.8, 4) is 0 Å². The molecule has 0 aliphatic rings. The number of hydrogen-bond donors (Lipinski definition) is 0. The standard InChI is InChI=1S/C12H20N.C11H18N.C10H14F2N.C8H12N/c1-10(2)13-8-6-11(7-9-13)12(3,4)5;1-9(2)11-5-7-12(8-6-11)10(3)4;1-8(2)13-6-4-9(5-7-13)10(3,11)12;1-8(2)9-6-4-3-5-7-9/h6-10H,1-5H3;5-10H,1-4H3;4-8H,1-3H3;3-8H,1-2H3/q4*+1. The SMILES string of the molecule is CC(C)[n+]1ccc(C(C)(C)C)cc1.CC(C)[n+]1ccc(C(C)(F)F)cc1.CC(C)[n+]1ccccc1.CC(C)c1cc[n+](C(C)C)cc1. The van der Waals surface area contributed by atoms with Crippen LogP contribution in [-0.4, -0.2) is 0 Å². The van der Waals surface area contributed by atoms with Gasteiger partial charge in [-0.25, -0.2) is 27.0 Å². The minimum Gasteiger partial charge on any atom is -0.203 e. The van der Waals surface area contributed by atoms with Gasteiger partial charge in [0.25, 0.3) is 5.92 Å². The lowest BCUT2D eigenvalue weighted by molar-refractivity contribution is -0.716. The summed E-state index contributed by atoms with van der Waals surface area (Å²) >= 11 is 0. The summed E-state index contributed by atoms with van der Waals surface area (Å²) in [6.07, 6.45) is 16.1. The maximum absolute atomic E-state index is 12.8. The smallest absolute Gasteiger partial charge is 0.203 e. The molecule has 0 aliphatic heterocycles. The predicted molar refractivity (Wildman–Crippen MR) is 190 cm³/mol. The fourth-order valence-corrected chi connectivity index (χ4v) is 4.29. The Labute approximate surface area is 285 Å². The zero-order chi connectivity index (χ0) is 35.9. The summed E-state index contributed by atoms with van der Waals surface area (Å²) in [5, 5.41) is 0. The topological polar surface area (TPSA) is 15.5 Å². The lowest BCUT2D eigenvalue weighted by Gasteiger charge is -2.17. The van der Waals surface area contributed by atoms with Crippen molar-refractivity contribution in [3.63, 3.8) is 0 Å². The molecule has 0 aliphatic carbocycles. The summed E-state index contributed by atoms with van der Waals surface area (Å²) in [6, 6.07) is 19.8. The molecule has 4 aromatic rings. The number of halogens is 2. The molecule has 6 heteroatoms. The molecule has 0 N–H and O–H groups in total. The van der Waals surface area contributed by atoms with Crippen molar-refractivity contribution in [1.82, 2.24) is 0 Å². The Hall–Kier alpha value is -3.54. The van der Waals surface area contributed by atoms with Crippen molar-refractivity contribution in [1.29, 1.82) is 0 Å². The van der Waals surface area contributed by atoms with Crippen molar-refractivity contribution in [2.24, 2.45) is 0 Å². The van der Waals surface area contributed by atoms with E-state index in [-0.39, 0.29) is 11.0 Å². The molecule has 47 heavy (non-hydrogen) atoms. The van der Waals surface area contributed by atoms with Crippen LogP contribution in [0.5, 0.6) is 0 Å². The molecule has 0 aromatic carbocycles. The maximum Gasteiger partial charge on any atom is 0.270 e. The Morgan fingerprint density at radius 3 is 0.979 bits per heavy atom. The fraction of sp³-hybridized carbons (Fsp3) is 0.512. The Morgan fingerprint density at radius 2 is 0.723 bits per heavy atom. The van der Waals surface area contributed by atoms with Crippen LogP contribution in [-0.2, 0) is 11.3 Å². The molecule has 0 saturated carbocycles. The van der Waals surface area contributed by atoms with Crippen LogP contribution in [0.25, 0.3) is 0 Å². The first-order valence-electron chi connectivity index (χ1n) is 17.1. The molecule has 4 aromatic heterocycles. The summed E-state index contributed by atoms with van der Waals surface area (Å²) in [6.45, 7) is 29.2. The third-order valence-electron chi connectivity index (χ3n) is 7.75. The van der Waals surface area contributed by atoms with Crippen molar-refractivity contribution in [2.75, 3.05) is 0 Å². The van der Waals surface area contributed by atoms with Crippen LogP contribution in [0.3, 0.4) is 0 Å². The van der Waals surface area contributed by atoms with Crippen LogP contribution in [0.2, 0.25) is 0 Å². The molecule has 0 saturated heterocycles. The van der Waals surface area contributed by atoms with Gasteiger partial charge in [-0.15, -0.1) is 0 Å². The van der Waals surface area contributed by atoms with Crippen LogP contribution in [0.15, 0.2) is 104 Å². The van der Waals surface area contributed by atoms with Gasteiger partial charge in [0.05, 0.1) is 0 Å². The molecule has 0 atom stereocenters. The second-order valence-corrected chi connectivity index (χ2v) is 14.6. The maximum atomic E-state index is 12.8. The monoisotopic (exact) mass is 651 g/mol. The number of aromatic nitrogens is 4. The molecular formula is C41H64F2N4+4. The van der Waals surface area contributed by atoms with Crippen LogP contribution >= 0.6 is 0 Å². The van der Waals surface area contributed by atoms with Gasteiger partial charge >= 0.3 is 0 Å². The van der Waals surface area contributed by atoms with Crippen molar-refractivity contribution in [2.45, 2.75) is 138 Å². The van der Waals surface area contributed by atoms with E-state index < -0.39 is 5.92 Å². The van der Waals surface area contributed by atoms with Gasteiger partial charge in [-0.1, -0.05) is 40.7 Å². The van der Waals surface area contributed by atoms with Gasteiger partial charge in [0.1, 0.15) is 0 Å². The van der Waals surface area contributed by atoms with Gasteiger partial charge in [-0.05, 0) is 77.8 Å². The van der Waals surface area contributed by atoms with Crippen LogP contribution in [0, 0.1) is 0 Å². The number of alkyl halides is 2. The fourth-order valence-electron chi connectivity index (χ4n) is 4.29. The van der Waals surface area contributed by atoms with Gasteiger partial charge in [0.15, 0.2) is 73.7 Å². The van der Waals surface area contributed by atoms with E-state index in [0.29, 0.717) is 30.1 Å². The number of hydrogen-bond acceptors (Lipinski definition) is 0. The number of pyridine rings is 4. The summed E-state index contributed by atoms with van der Waals surface area (Å²) in [5.41, 5.74) is 3.12. The van der Waals surface area contributed by atoms with E-state index in [4.69, 9.17) is 0 Å². The Balaban J connectivity index is 0.000000316. The highest BCUT2D eigenvalue weighted by Crippen LogP contribution is 2.25. The molecule has 0 unspecified atom stereocenters. The Morgan fingerprint density at radius 1 is 0.426 bits per heavy atom. The van der Waals surface area contributed by atoms with E-state index in [1.807, 2.05) is 36.6 Å². The summed E-state index contributed by atoms with van der Waals surface area (Å²) in [4.78, 5) is 0. The van der Waals surface area contributed by atoms with Gasteiger partial charge in [-0.3, -0.25) is 0 Å². The third kappa shape index (κ3) is 15.7. The largest absolute Gasteiger partial charge is 0.270 e. The van der Waals surface area contributed by atoms with E-state index >= 15 is 0 Å². The van der Waals surface area contributed by atoms with Crippen LogP contribution in [0.1, 0.15) is 144 Å². The average Bonchev–Trinajstić information content (AvgIpc) is 3.01. The quantitative estimate of drug-likeness (QED) is 0.185. The van der Waals surface area contributed by atoms with Gasteiger partial charge in [0, 0.05) is 61.0 Å². The molecule has 0 amide bonds. The molecule has 0 fully saturated rings. The lowest BCUT2D eigenvalue weighted by atomic mass is 9.88. The zero-order valence-electron chi connectivity index (χ0n) is 31.7. The van der Waals surface area contributed by atoms with Crippen molar-refractivity contribution >= 4 is 0 Å². The van der Waals surface area contributed by atoms with Crippen molar-refractivity contribution in [3.05, 3.63) is 121 Å². The molecule has 4 nitrogen and oxygen atoms in total. The van der Waals surface area contributed by atoms with Crippen LogP contribution < -0.4 is 18.3 Å². The lowest BCUT2D eigenvalue weighted by Crippen LogP contribution is -2.35. The second-order valence-electron chi connectivity index (χ2n) is 14.6. The zero-order valence-corrected chi connectivity index (χ0v) is 31.7. The van der Waals surface area contributed by atoms with E-state index in [1.54, 1.807) is 12.4 Å². The van der Waals surface area contributed by atoms with Gasteiger partial charge < -0.3 is 0 Å². The number of nitrogens with zero attached hydrogens (tertiary/aromatic N) is 4. The highest BCUT2D eigenvalue weighted by atomic mass is 19.3. The van der Waals surface area contributed by atoms with Gasteiger partial charge in [0.2, 0.25) is 0 Å². The molecular weight excluding hydrogens is 586 g/mol. The van der Waals surface area contributed by atoms with E-state index in [2.05, 4.69) is 151 Å². The Kier molecular flexibility index (Phi) is 17.1. The molecule has 0 radical (unpaired) electrons. The molecule has 258 valence electrons. The third-order valence-corrected chi connectivity index (χ3v) is 7.75. The molecule has 4 heterocycles. The number of rotatable bonds is 6. The van der Waals surface area contributed by atoms with E-state index in [0.717, 1.165) is 6.92 Å². The highest BCUT2D eigenvalue weighted by molar-refractivity contribution is 5.17. The first-order valence-corrected chi connectivity index (χ1v) is 17.1. The molecule has 0 spiro atoms. The first-order chi connectivity index (χ1) is 21.7. The highest BCUT2D eigenvalue weighted by Gasteiger charge is 2.25. The molecule has 4 rings (SSSR count). The minimum atomic E-state index is -2.74. The van der Waals surface area contributed by atoms with Crippen LogP contribution in [0.4, 0.5) is 8.78 Å². The summed E-state index contributed by atoms with van der Waals surface area (Å²) < 4.78 is 34.0. The summed E-state index contributed by atoms with van der Waals surface area (Å²) in [5.74, 6) is -2.11. The normalized spacial score (nSPS) is 11.5. The summed E-state index contributed by atoms with van der Waals surface area (Å²) in [7, 11) is 0. The van der Waals surface area contributed by atoms with E-state index in [1.165, 1.54) is 23.3 Å². The first kappa shape index (κ1) is 41.5. The minimum absolute atomic E-state index is 0.0596. The average molecular weight is 651 g/mol. The van der Waals surface area contributed by atoms with Gasteiger partial charge in [-0.2, -0.15) is 0 Å². The Bertz CT molecular complexity index is 1290. The predicted octanol–water partition coefficient (Wildman–Crippen LogP) is 9.75.